The smallest absolute Gasteiger partial charge is 0.254 e. The third-order valence-electron chi connectivity index (χ3n) is 6.41. The molecule has 190 valence electrons. The monoisotopic (exact) mass is 499 g/mol. The van der Waals surface area contributed by atoms with Crippen molar-refractivity contribution in [3.63, 3.8) is 0 Å². The third-order valence-corrected chi connectivity index (χ3v) is 6.41. The number of amides is 1. The van der Waals surface area contributed by atoms with Gasteiger partial charge in [0.15, 0.2) is 0 Å². The van der Waals surface area contributed by atoms with E-state index < -0.39 is 0 Å². The summed E-state index contributed by atoms with van der Waals surface area (Å²) < 4.78 is 24.5. The summed E-state index contributed by atoms with van der Waals surface area (Å²) in [4.78, 5) is 19.7. The molecule has 4 aromatic rings. The van der Waals surface area contributed by atoms with Gasteiger partial charge in [0.05, 0.1) is 32.6 Å². The molecule has 0 saturated carbocycles. The Bertz CT molecular complexity index is 1400. The zero-order valence-electron chi connectivity index (χ0n) is 21.1. The fourth-order valence-corrected chi connectivity index (χ4v) is 4.52. The number of imidazole rings is 1. The number of ether oxygens (including phenoxy) is 4. The molecule has 0 radical (unpaired) electrons. The van der Waals surface area contributed by atoms with Gasteiger partial charge in [-0.05, 0) is 42.3 Å². The number of carbonyl (C=O) groups excluding carboxylic acids is 1. The van der Waals surface area contributed by atoms with E-state index >= 15 is 0 Å². The van der Waals surface area contributed by atoms with Crippen LogP contribution in [-0.2, 0) is 6.61 Å². The van der Waals surface area contributed by atoms with Crippen molar-refractivity contribution in [2.45, 2.75) is 13.0 Å². The van der Waals surface area contributed by atoms with Crippen LogP contribution in [0.15, 0.2) is 73.1 Å². The highest BCUT2D eigenvalue weighted by atomic mass is 16.5. The van der Waals surface area contributed by atoms with Crippen LogP contribution in [0.5, 0.6) is 23.0 Å². The molecule has 5 rings (SSSR count). The molecule has 2 aromatic heterocycles. The predicted octanol–water partition coefficient (Wildman–Crippen LogP) is 4.87. The lowest BCUT2D eigenvalue weighted by atomic mass is 9.96. The standard InChI is InChI=1S/C29H29N3O5/c1-34-24-16-25(35-2)28(26(17-24)36-3)20-10-13-31(14-11-20)29(33)21-7-6-8-23(15-21)37-19-22-18-32-12-5-4-9-27(32)30-22/h4-10,12,15-18H,11,13-14,19H2,1-3H3. The van der Waals surface area contributed by atoms with Crippen molar-refractivity contribution in [2.75, 3.05) is 34.4 Å². The van der Waals surface area contributed by atoms with E-state index in [1.54, 1.807) is 27.4 Å². The van der Waals surface area contributed by atoms with E-state index in [9.17, 15) is 4.79 Å². The van der Waals surface area contributed by atoms with Crippen molar-refractivity contribution < 1.29 is 23.7 Å². The molecule has 0 aliphatic carbocycles. The number of pyridine rings is 1. The molecule has 0 spiro atoms. The normalized spacial score (nSPS) is 13.3. The fraction of sp³-hybridized carbons (Fsp3) is 0.241. The SMILES string of the molecule is COc1cc(OC)c(C2=CCN(C(=O)c3cccc(OCc4cn5ccccc5n4)c3)CC2)c(OC)c1. The minimum Gasteiger partial charge on any atom is -0.496 e. The molecular weight excluding hydrogens is 470 g/mol. The molecule has 0 N–H and O–H groups in total. The van der Waals surface area contributed by atoms with Crippen LogP contribution in [-0.4, -0.2) is 54.6 Å². The van der Waals surface area contributed by atoms with Crippen molar-refractivity contribution in [1.29, 1.82) is 0 Å². The molecule has 0 atom stereocenters. The molecule has 0 unspecified atom stereocenters. The zero-order valence-corrected chi connectivity index (χ0v) is 21.1. The van der Waals surface area contributed by atoms with Gasteiger partial charge < -0.3 is 28.2 Å². The molecule has 2 aromatic carbocycles. The molecular formula is C29H29N3O5. The third kappa shape index (κ3) is 5.09. The average Bonchev–Trinajstić information content (AvgIpc) is 3.38. The van der Waals surface area contributed by atoms with Gasteiger partial charge in [-0.3, -0.25) is 4.79 Å². The summed E-state index contributed by atoms with van der Waals surface area (Å²) in [5, 5.41) is 0. The Labute approximate surface area is 215 Å². The van der Waals surface area contributed by atoms with Crippen LogP contribution in [0.25, 0.3) is 11.2 Å². The Hall–Kier alpha value is -4.46. The number of nitrogens with zero attached hydrogens (tertiary/aromatic N) is 3. The van der Waals surface area contributed by atoms with E-state index in [1.807, 2.05) is 70.2 Å². The summed E-state index contributed by atoms with van der Waals surface area (Å²) in [6.07, 6.45) is 6.62. The molecule has 0 bridgehead atoms. The van der Waals surface area contributed by atoms with E-state index in [0.29, 0.717) is 54.7 Å². The van der Waals surface area contributed by atoms with Crippen LogP contribution in [0.2, 0.25) is 0 Å². The van der Waals surface area contributed by atoms with Crippen molar-refractivity contribution in [3.8, 4) is 23.0 Å². The summed E-state index contributed by atoms with van der Waals surface area (Å²) in [7, 11) is 4.86. The molecule has 8 heteroatoms. The van der Waals surface area contributed by atoms with E-state index in [-0.39, 0.29) is 5.91 Å². The average molecular weight is 500 g/mol. The summed E-state index contributed by atoms with van der Waals surface area (Å²) in [6.45, 7) is 1.38. The molecule has 37 heavy (non-hydrogen) atoms. The molecule has 8 nitrogen and oxygen atoms in total. The minimum absolute atomic E-state index is 0.0397. The number of hydrogen-bond donors (Lipinski definition) is 0. The number of rotatable bonds is 8. The van der Waals surface area contributed by atoms with Gasteiger partial charge in [0.2, 0.25) is 0 Å². The maximum absolute atomic E-state index is 13.3. The quantitative estimate of drug-likeness (QED) is 0.344. The molecule has 1 amide bonds. The number of fused-ring (bicyclic) bond motifs is 1. The summed E-state index contributed by atoms with van der Waals surface area (Å²) in [5.41, 5.74) is 4.24. The Morgan fingerprint density at radius 3 is 2.43 bits per heavy atom. The fourth-order valence-electron chi connectivity index (χ4n) is 4.52. The van der Waals surface area contributed by atoms with E-state index in [2.05, 4.69) is 11.1 Å². The summed E-state index contributed by atoms with van der Waals surface area (Å²) in [6, 6.07) is 16.8. The van der Waals surface area contributed by atoms with Gasteiger partial charge in [-0.2, -0.15) is 0 Å². The van der Waals surface area contributed by atoms with Crippen LogP contribution in [0.1, 0.15) is 28.0 Å². The first-order valence-corrected chi connectivity index (χ1v) is 12.0. The van der Waals surface area contributed by atoms with E-state index in [1.165, 1.54) is 0 Å². The zero-order chi connectivity index (χ0) is 25.8. The van der Waals surface area contributed by atoms with E-state index in [0.717, 1.165) is 22.5 Å². The molecule has 0 saturated heterocycles. The lowest BCUT2D eigenvalue weighted by Gasteiger charge is -2.28. The second-order valence-corrected chi connectivity index (χ2v) is 8.65. The number of benzene rings is 2. The van der Waals surface area contributed by atoms with Gasteiger partial charge in [0.25, 0.3) is 5.91 Å². The summed E-state index contributed by atoms with van der Waals surface area (Å²) in [5.74, 6) is 2.61. The van der Waals surface area contributed by atoms with Gasteiger partial charge in [0.1, 0.15) is 35.3 Å². The Kier molecular flexibility index (Phi) is 6.98. The highest BCUT2D eigenvalue weighted by molar-refractivity contribution is 5.95. The van der Waals surface area contributed by atoms with E-state index in [4.69, 9.17) is 18.9 Å². The minimum atomic E-state index is -0.0397. The van der Waals surface area contributed by atoms with Crippen molar-refractivity contribution in [2.24, 2.45) is 0 Å². The van der Waals surface area contributed by atoms with Crippen molar-refractivity contribution in [1.82, 2.24) is 14.3 Å². The van der Waals surface area contributed by atoms with Crippen LogP contribution in [0, 0.1) is 0 Å². The van der Waals surface area contributed by atoms with Gasteiger partial charge in [-0.15, -0.1) is 0 Å². The Morgan fingerprint density at radius 1 is 0.946 bits per heavy atom. The number of methoxy groups -OCH3 is 3. The van der Waals surface area contributed by atoms with Gasteiger partial charge in [-0.1, -0.05) is 18.2 Å². The van der Waals surface area contributed by atoms with Crippen LogP contribution < -0.4 is 18.9 Å². The molecule has 1 aliphatic rings. The Morgan fingerprint density at radius 2 is 1.76 bits per heavy atom. The first kappa shape index (κ1) is 24.2. The lowest BCUT2D eigenvalue weighted by molar-refractivity contribution is 0.0772. The second kappa shape index (κ2) is 10.7. The maximum Gasteiger partial charge on any atom is 0.254 e. The van der Waals surface area contributed by atoms with Gasteiger partial charge in [0, 0.05) is 43.2 Å². The highest BCUT2D eigenvalue weighted by Crippen LogP contribution is 2.41. The summed E-state index contributed by atoms with van der Waals surface area (Å²) >= 11 is 0. The molecule has 1 aliphatic heterocycles. The first-order valence-electron chi connectivity index (χ1n) is 12.0. The van der Waals surface area contributed by atoms with Gasteiger partial charge >= 0.3 is 0 Å². The van der Waals surface area contributed by atoms with Crippen molar-refractivity contribution >= 4 is 17.1 Å². The topological polar surface area (TPSA) is 74.5 Å². The first-order chi connectivity index (χ1) is 18.1. The largest absolute Gasteiger partial charge is 0.496 e. The van der Waals surface area contributed by atoms with Gasteiger partial charge in [-0.25, -0.2) is 4.98 Å². The predicted molar refractivity (Wildman–Crippen MR) is 141 cm³/mol. The maximum atomic E-state index is 13.3. The van der Waals surface area contributed by atoms with Crippen LogP contribution >= 0.6 is 0 Å². The van der Waals surface area contributed by atoms with Crippen LogP contribution in [0.3, 0.4) is 0 Å². The second-order valence-electron chi connectivity index (χ2n) is 8.65. The number of hydrogen-bond acceptors (Lipinski definition) is 6. The lowest BCUT2D eigenvalue weighted by Crippen LogP contribution is -2.34. The molecule has 3 heterocycles. The van der Waals surface area contributed by atoms with Crippen molar-refractivity contribution in [3.05, 3.63) is 89.9 Å². The number of aromatic nitrogens is 2. The Balaban J connectivity index is 1.28. The highest BCUT2D eigenvalue weighted by Gasteiger charge is 2.24. The molecule has 0 fully saturated rings. The van der Waals surface area contributed by atoms with Crippen LogP contribution in [0.4, 0.5) is 0 Å². The number of carbonyl (C=O) groups is 1.